The van der Waals surface area contributed by atoms with Gasteiger partial charge in [-0.1, -0.05) is 30.3 Å². The van der Waals surface area contributed by atoms with E-state index < -0.39 is 34.0 Å². The van der Waals surface area contributed by atoms with E-state index in [0.29, 0.717) is 18.5 Å². The van der Waals surface area contributed by atoms with E-state index in [9.17, 15) is 23.1 Å². The fourth-order valence-corrected chi connectivity index (χ4v) is 5.61. The van der Waals surface area contributed by atoms with Crippen molar-refractivity contribution >= 4 is 27.6 Å². The van der Waals surface area contributed by atoms with Crippen molar-refractivity contribution in [3.8, 4) is 0 Å². The molecule has 2 atom stereocenters. The van der Waals surface area contributed by atoms with Crippen molar-refractivity contribution in [2.45, 2.75) is 43.2 Å². The average molecular weight is 414 g/mol. The van der Waals surface area contributed by atoms with Crippen LogP contribution in [0.5, 0.6) is 0 Å². The number of carbonyl (C=O) groups excluding carboxylic acids is 1. The highest BCUT2D eigenvalue weighted by Gasteiger charge is 2.44. The first-order valence-electron chi connectivity index (χ1n) is 9.56. The van der Waals surface area contributed by atoms with Crippen molar-refractivity contribution in [2.24, 2.45) is 0 Å². The van der Waals surface area contributed by atoms with Gasteiger partial charge in [0.2, 0.25) is 15.9 Å². The minimum atomic E-state index is -3.85. The third-order valence-corrected chi connectivity index (χ3v) is 7.49. The number of anilines is 1. The van der Waals surface area contributed by atoms with Crippen molar-refractivity contribution in [2.75, 3.05) is 11.4 Å². The minimum absolute atomic E-state index is 0.129. The van der Waals surface area contributed by atoms with Gasteiger partial charge < -0.3 is 5.11 Å². The molecule has 1 saturated heterocycles. The average Bonchev–Trinajstić information content (AvgIpc) is 3.34. The SMILES string of the molecule is C[C@@H](C(=O)O)N(C(=O)[C@@H]1CCCN1S(=O)(=O)c1ccccc1)c1cccc2c1C2. The molecule has 1 heterocycles. The Morgan fingerprint density at radius 3 is 2.55 bits per heavy atom. The van der Waals surface area contributed by atoms with Crippen molar-refractivity contribution in [3.05, 3.63) is 59.7 Å². The quantitative estimate of drug-likeness (QED) is 0.668. The van der Waals surface area contributed by atoms with Crippen LogP contribution in [-0.2, 0) is 26.0 Å². The maximum absolute atomic E-state index is 13.5. The van der Waals surface area contributed by atoms with Crippen molar-refractivity contribution < 1.29 is 23.1 Å². The van der Waals surface area contributed by atoms with Crippen LogP contribution < -0.4 is 4.90 Å². The Morgan fingerprint density at radius 1 is 1.14 bits per heavy atom. The monoisotopic (exact) mass is 414 g/mol. The van der Waals surface area contributed by atoms with Gasteiger partial charge >= 0.3 is 5.97 Å². The summed E-state index contributed by atoms with van der Waals surface area (Å²) in [5.41, 5.74) is 2.59. The molecule has 8 heteroatoms. The van der Waals surface area contributed by atoms with Crippen molar-refractivity contribution in [1.29, 1.82) is 0 Å². The Labute approximate surface area is 169 Å². The van der Waals surface area contributed by atoms with E-state index in [1.807, 2.05) is 6.07 Å². The summed E-state index contributed by atoms with van der Waals surface area (Å²) in [4.78, 5) is 26.6. The lowest BCUT2D eigenvalue weighted by molar-refractivity contribution is -0.140. The first-order chi connectivity index (χ1) is 13.8. The second kappa shape index (κ2) is 7.27. The molecule has 4 rings (SSSR count). The summed E-state index contributed by atoms with van der Waals surface area (Å²) < 4.78 is 27.5. The van der Waals surface area contributed by atoms with Crippen LogP contribution in [0.4, 0.5) is 5.69 Å². The lowest BCUT2D eigenvalue weighted by atomic mass is 10.1. The Morgan fingerprint density at radius 2 is 1.86 bits per heavy atom. The molecule has 0 unspecified atom stereocenters. The molecule has 1 N–H and O–H groups in total. The number of hydrogen-bond acceptors (Lipinski definition) is 4. The predicted octanol–water partition coefficient (Wildman–Crippen LogP) is 2.25. The number of benzene rings is 2. The van der Waals surface area contributed by atoms with E-state index in [2.05, 4.69) is 0 Å². The molecule has 2 aromatic carbocycles. The van der Waals surface area contributed by atoms with Crippen LogP contribution in [0.3, 0.4) is 0 Å². The van der Waals surface area contributed by atoms with Crippen LogP contribution in [0.25, 0.3) is 0 Å². The number of aliphatic carboxylic acids is 1. The van der Waals surface area contributed by atoms with E-state index >= 15 is 0 Å². The summed E-state index contributed by atoms with van der Waals surface area (Å²) in [7, 11) is -3.85. The zero-order chi connectivity index (χ0) is 20.8. The molecule has 1 aliphatic carbocycles. The number of hydrogen-bond donors (Lipinski definition) is 1. The highest BCUT2D eigenvalue weighted by Crippen LogP contribution is 2.39. The number of carboxylic acids is 1. The summed E-state index contributed by atoms with van der Waals surface area (Å²) in [6.45, 7) is 1.68. The van der Waals surface area contributed by atoms with E-state index in [0.717, 1.165) is 17.5 Å². The first-order valence-corrected chi connectivity index (χ1v) is 11.0. The standard InChI is InChI=1S/C21H22N2O5S/c1-14(21(25)26)23(18-10-5-7-15-13-17(15)18)20(24)19-11-6-12-22(19)29(27,28)16-8-3-2-4-9-16/h2-5,7-10,14,19H,6,11-13H2,1H3,(H,25,26)/t14-,19-/m0/s1. The topological polar surface area (TPSA) is 95.0 Å². The summed E-state index contributed by atoms with van der Waals surface area (Å²) in [6.07, 6.45) is 1.63. The Balaban J connectivity index is 1.71. The highest BCUT2D eigenvalue weighted by atomic mass is 32.2. The summed E-state index contributed by atoms with van der Waals surface area (Å²) >= 11 is 0. The van der Waals surface area contributed by atoms with Gasteiger partial charge in [0.25, 0.3) is 0 Å². The van der Waals surface area contributed by atoms with Gasteiger partial charge in [-0.15, -0.1) is 0 Å². The molecule has 0 saturated carbocycles. The zero-order valence-corrected chi connectivity index (χ0v) is 16.8. The Kier molecular flexibility index (Phi) is 4.92. The van der Waals surface area contributed by atoms with Crippen molar-refractivity contribution in [3.63, 3.8) is 0 Å². The summed E-state index contributed by atoms with van der Waals surface area (Å²) in [5, 5.41) is 9.59. The molecule has 1 aliphatic heterocycles. The van der Waals surface area contributed by atoms with Crippen LogP contribution in [-0.4, -0.2) is 48.3 Å². The zero-order valence-electron chi connectivity index (χ0n) is 16.0. The van der Waals surface area contributed by atoms with E-state index in [-0.39, 0.29) is 11.4 Å². The predicted molar refractivity (Wildman–Crippen MR) is 107 cm³/mol. The molecule has 0 bridgehead atoms. The largest absolute Gasteiger partial charge is 0.480 e. The highest BCUT2D eigenvalue weighted by molar-refractivity contribution is 7.89. The molecule has 2 aliphatic rings. The number of carboxylic acid groups (broad SMARTS) is 1. The number of rotatable bonds is 6. The Bertz CT molecular complexity index is 1070. The molecule has 1 fully saturated rings. The van der Waals surface area contributed by atoms with Gasteiger partial charge in [0.1, 0.15) is 12.1 Å². The van der Waals surface area contributed by atoms with Crippen LogP contribution in [0, 0.1) is 0 Å². The van der Waals surface area contributed by atoms with E-state index in [4.69, 9.17) is 0 Å². The second-order valence-corrected chi connectivity index (χ2v) is 9.29. The lowest BCUT2D eigenvalue weighted by Crippen LogP contribution is -2.52. The summed E-state index contributed by atoms with van der Waals surface area (Å²) in [5.74, 6) is -1.62. The van der Waals surface area contributed by atoms with Gasteiger partial charge in [-0.2, -0.15) is 4.31 Å². The lowest BCUT2D eigenvalue weighted by Gasteiger charge is -2.32. The number of fused-ring (bicyclic) bond motifs is 1. The summed E-state index contributed by atoms with van der Waals surface area (Å²) in [6, 6.07) is 11.5. The van der Waals surface area contributed by atoms with Crippen LogP contribution in [0.1, 0.15) is 30.9 Å². The molecule has 29 heavy (non-hydrogen) atoms. The molecule has 0 aromatic heterocycles. The first kappa shape index (κ1) is 19.6. The van der Waals surface area contributed by atoms with Gasteiger partial charge in [0, 0.05) is 18.7 Å². The van der Waals surface area contributed by atoms with Gasteiger partial charge in [-0.3, -0.25) is 9.69 Å². The smallest absolute Gasteiger partial charge is 0.326 e. The fourth-order valence-electron chi connectivity index (χ4n) is 3.93. The third-order valence-electron chi connectivity index (χ3n) is 5.57. The molecule has 2 aromatic rings. The minimum Gasteiger partial charge on any atom is -0.480 e. The molecule has 7 nitrogen and oxygen atoms in total. The number of nitrogens with zero attached hydrogens (tertiary/aromatic N) is 2. The van der Waals surface area contributed by atoms with Crippen molar-refractivity contribution in [1.82, 2.24) is 4.31 Å². The maximum Gasteiger partial charge on any atom is 0.326 e. The van der Waals surface area contributed by atoms with Gasteiger partial charge in [-0.25, -0.2) is 13.2 Å². The van der Waals surface area contributed by atoms with Gasteiger partial charge in [0.05, 0.1) is 4.90 Å². The molecule has 0 spiro atoms. The molecular weight excluding hydrogens is 392 g/mol. The van der Waals surface area contributed by atoms with Crippen LogP contribution >= 0.6 is 0 Å². The molecule has 0 radical (unpaired) electrons. The fraction of sp³-hybridized carbons (Fsp3) is 0.333. The second-order valence-electron chi connectivity index (χ2n) is 7.40. The number of carbonyl (C=O) groups is 2. The van der Waals surface area contributed by atoms with E-state index in [1.54, 1.807) is 30.3 Å². The molecule has 1 amide bonds. The van der Waals surface area contributed by atoms with E-state index in [1.165, 1.54) is 28.3 Å². The normalized spacial score (nSPS) is 19.4. The Hall–Kier alpha value is -2.71. The van der Waals surface area contributed by atoms with Gasteiger partial charge in [0.15, 0.2) is 0 Å². The van der Waals surface area contributed by atoms with Crippen LogP contribution in [0.2, 0.25) is 0 Å². The third kappa shape index (κ3) is 3.42. The maximum atomic E-state index is 13.5. The molecule has 152 valence electrons. The van der Waals surface area contributed by atoms with Gasteiger partial charge in [-0.05, 0) is 49.1 Å². The molecular formula is C21H22N2O5S. The number of amides is 1. The van der Waals surface area contributed by atoms with Crippen LogP contribution in [0.15, 0.2) is 53.4 Å². The number of sulfonamides is 1.